The molecule has 1 unspecified atom stereocenters. The molecule has 0 spiro atoms. The minimum atomic E-state index is 0.858. The van der Waals surface area contributed by atoms with Gasteiger partial charge in [0.2, 0.25) is 0 Å². The molecule has 0 rings (SSSR count). The Morgan fingerprint density at radius 3 is 1.23 bits per heavy atom. The molecule has 0 heterocycles. The van der Waals surface area contributed by atoms with E-state index in [2.05, 4.69) is 92.3 Å². The van der Waals surface area contributed by atoms with Crippen LogP contribution in [0.25, 0.3) is 0 Å². The third kappa shape index (κ3) is 22.6. The van der Waals surface area contributed by atoms with E-state index < -0.39 is 0 Å². The van der Waals surface area contributed by atoms with Crippen molar-refractivity contribution in [2.24, 2.45) is 5.92 Å². The summed E-state index contributed by atoms with van der Waals surface area (Å²) < 4.78 is 0. The molecule has 0 aromatic rings. The SMILES string of the molecule is C=C(C)CCCC(C)=CCCC(C)=CCCC(C)=CCCC(C)=CCCC(C)=CCCC(C)CC. The zero-order valence-corrected chi connectivity index (χ0v) is 25.1. The zero-order valence-electron chi connectivity index (χ0n) is 25.1. The lowest BCUT2D eigenvalue weighted by atomic mass is 10.0. The molecular weight excluding hydrogens is 420 g/mol. The molecule has 0 radical (unpaired) electrons. The summed E-state index contributed by atoms with van der Waals surface area (Å²) >= 11 is 0. The Hall–Kier alpha value is -1.56. The lowest BCUT2D eigenvalue weighted by Crippen LogP contribution is -1.90. The van der Waals surface area contributed by atoms with Crippen molar-refractivity contribution < 1.29 is 0 Å². The first-order valence-corrected chi connectivity index (χ1v) is 14.6. The summed E-state index contributed by atoms with van der Waals surface area (Å²) in [4.78, 5) is 0. The molecule has 0 aliphatic rings. The lowest BCUT2D eigenvalue weighted by Gasteiger charge is -2.06. The van der Waals surface area contributed by atoms with Crippen LogP contribution in [0.15, 0.2) is 70.4 Å². The van der Waals surface area contributed by atoms with Crippen LogP contribution in [0.3, 0.4) is 0 Å². The van der Waals surface area contributed by atoms with Crippen molar-refractivity contribution in [3.05, 3.63) is 70.4 Å². The standard InChI is InChI=1S/C35H60/c1-10-30(4)18-12-20-32(6)22-14-24-34(8)26-16-28-35(9)27-15-25-33(7)23-13-21-31(5)19-11-17-29(2)3/h20-21,24-25,28,30H,2,10-19,22-23,26-27H2,1,3-9H3. The van der Waals surface area contributed by atoms with Gasteiger partial charge in [-0.25, -0.2) is 0 Å². The number of rotatable bonds is 20. The zero-order chi connectivity index (χ0) is 26.5. The summed E-state index contributed by atoms with van der Waals surface area (Å²) in [5, 5.41) is 0. The van der Waals surface area contributed by atoms with Crippen LogP contribution in [-0.4, -0.2) is 0 Å². The molecule has 0 bridgehead atoms. The number of hydrogen-bond donors (Lipinski definition) is 0. The Balaban J connectivity index is 4.09. The predicted octanol–water partition coefficient (Wildman–Crippen LogP) is 12.4. The Kier molecular flexibility index (Phi) is 20.7. The first-order chi connectivity index (χ1) is 16.6. The topological polar surface area (TPSA) is 0 Å². The van der Waals surface area contributed by atoms with Gasteiger partial charge in [0.05, 0.1) is 0 Å². The van der Waals surface area contributed by atoms with Crippen LogP contribution < -0.4 is 0 Å². The van der Waals surface area contributed by atoms with Gasteiger partial charge in [-0.15, -0.1) is 6.58 Å². The minimum Gasteiger partial charge on any atom is -0.100 e. The van der Waals surface area contributed by atoms with E-state index in [9.17, 15) is 0 Å². The van der Waals surface area contributed by atoms with Gasteiger partial charge in [0.25, 0.3) is 0 Å². The second kappa shape index (κ2) is 21.7. The van der Waals surface area contributed by atoms with Crippen LogP contribution >= 0.6 is 0 Å². The quantitative estimate of drug-likeness (QED) is 0.152. The summed E-state index contributed by atoms with van der Waals surface area (Å²) in [5.41, 5.74) is 9.00. The molecular formula is C35H60. The second-order valence-electron chi connectivity index (χ2n) is 11.3. The number of allylic oxidation sites excluding steroid dienone is 11. The normalized spacial score (nSPS) is 15.0. The average Bonchev–Trinajstić information content (AvgIpc) is 2.78. The molecule has 200 valence electrons. The highest BCUT2D eigenvalue weighted by Gasteiger charge is 1.98. The molecule has 0 aliphatic heterocycles. The molecule has 0 amide bonds. The highest BCUT2D eigenvalue weighted by molar-refractivity contribution is 5.08. The second-order valence-corrected chi connectivity index (χ2v) is 11.3. The van der Waals surface area contributed by atoms with Crippen molar-refractivity contribution >= 4 is 0 Å². The van der Waals surface area contributed by atoms with Crippen LogP contribution in [0.1, 0.15) is 145 Å². The van der Waals surface area contributed by atoms with E-state index in [1.165, 1.54) is 106 Å². The Morgan fingerprint density at radius 2 is 0.886 bits per heavy atom. The largest absolute Gasteiger partial charge is 0.100 e. The van der Waals surface area contributed by atoms with Gasteiger partial charge in [-0.3, -0.25) is 0 Å². The van der Waals surface area contributed by atoms with Crippen molar-refractivity contribution in [2.75, 3.05) is 0 Å². The fourth-order valence-electron chi connectivity index (χ4n) is 4.18. The van der Waals surface area contributed by atoms with Gasteiger partial charge < -0.3 is 0 Å². The van der Waals surface area contributed by atoms with E-state index in [1.807, 2.05) is 0 Å². The van der Waals surface area contributed by atoms with E-state index in [0.717, 1.165) is 12.3 Å². The smallest absolute Gasteiger partial charge is 0.0288 e. The fourth-order valence-corrected chi connectivity index (χ4v) is 4.18. The van der Waals surface area contributed by atoms with E-state index in [4.69, 9.17) is 0 Å². The van der Waals surface area contributed by atoms with Crippen LogP contribution in [0, 0.1) is 5.92 Å². The third-order valence-corrected chi connectivity index (χ3v) is 7.15. The van der Waals surface area contributed by atoms with E-state index in [1.54, 1.807) is 11.1 Å². The van der Waals surface area contributed by atoms with Crippen molar-refractivity contribution in [3.8, 4) is 0 Å². The predicted molar refractivity (Wildman–Crippen MR) is 163 cm³/mol. The monoisotopic (exact) mass is 480 g/mol. The highest BCUT2D eigenvalue weighted by atomic mass is 14.0. The highest BCUT2D eigenvalue weighted by Crippen LogP contribution is 2.17. The lowest BCUT2D eigenvalue weighted by molar-refractivity contribution is 0.521. The van der Waals surface area contributed by atoms with Gasteiger partial charge in [-0.05, 0) is 131 Å². The molecule has 0 fully saturated rings. The first kappa shape index (κ1) is 33.4. The molecule has 0 heteroatoms. The molecule has 0 N–H and O–H groups in total. The van der Waals surface area contributed by atoms with Gasteiger partial charge in [0, 0.05) is 0 Å². The van der Waals surface area contributed by atoms with E-state index >= 15 is 0 Å². The summed E-state index contributed by atoms with van der Waals surface area (Å²) in [6, 6.07) is 0. The van der Waals surface area contributed by atoms with E-state index in [-0.39, 0.29) is 0 Å². The van der Waals surface area contributed by atoms with Crippen LogP contribution in [-0.2, 0) is 0 Å². The Labute approximate surface area is 221 Å². The minimum absolute atomic E-state index is 0.858. The summed E-state index contributed by atoms with van der Waals surface area (Å²) in [7, 11) is 0. The Morgan fingerprint density at radius 1 is 0.543 bits per heavy atom. The molecule has 1 atom stereocenters. The van der Waals surface area contributed by atoms with Gasteiger partial charge in [0.15, 0.2) is 0 Å². The number of hydrogen-bond acceptors (Lipinski definition) is 0. The van der Waals surface area contributed by atoms with Crippen molar-refractivity contribution in [3.63, 3.8) is 0 Å². The van der Waals surface area contributed by atoms with Gasteiger partial charge in [-0.1, -0.05) is 84.1 Å². The molecule has 0 aromatic carbocycles. The fraction of sp³-hybridized carbons (Fsp3) is 0.657. The summed E-state index contributed by atoms with van der Waals surface area (Å²) in [5.74, 6) is 0.858. The van der Waals surface area contributed by atoms with Crippen molar-refractivity contribution in [2.45, 2.75) is 145 Å². The molecule has 0 aliphatic carbocycles. The van der Waals surface area contributed by atoms with Gasteiger partial charge >= 0.3 is 0 Å². The maximum Gasteiger partial charge on any atom is -0.0288 e. The summed E-state index contributed by atoms with van der Waals surface area (Å²) in [6.07, 6.45) is 29.2. The molecule has 0 aromatic heterocycles. The Bertz CT molecular complexity index is 719. The molecule has 0 saturated carbocycles. The maximum atomic E-state index is 4.00. The van der Waals surface area contributed by atoms with Crippen molar-refractivity contribution in [1.82, 2.24) is 0 Å². The molecule has 0 nitrogen and oxygen atoms in total. The van der Waals surface area contributed by atoms with Crippen molar-refractivity contribution in [1.29, 1.82) is 0 Å². The van der Waals surface area contributed by atoms with Crippen LogP contribution in [0.2, 0.25) is 0 Å². The molecule has 35 heavy (non-hydrogen) atoms. The third-order valence-electron chi connectivity index (χ3n) is 7.15. The van der Waals surface area contributed by atoms with E-state index in [0.29, 0.717) is 0 Å². The van der Waals surface area contributed by atoms with Crippen LogP contribution in [0.5, 0.6) is 0 Å². The van der Waals surface area contributed by atoms with Gasteiger partial charge in [-0.2, -0.15) is 0 Å². The van der Waals surface area contributed by atoms with Crippen LogP contribution in [0.4, 0.5) is 0 Å². The van der Waals surface area contributed by atoms with Gasteiger partial charge in [0.1, 0.15) is 0 Å². The molecule has 0 saturated heterocycles. The maximum absolute atomic E-state index is 4.00. The first-order valence-electron chi connectivity index (χ1n) is 14.6. The average molecular weight is 481 g/mol. The summed E-state index contributed by atoms with van der Waals surface area (Å²) in [6.45, 7) is 22.2.